The Hall–Kier alpha value is -2.02. The van der Waals surface area contributed by atoms with Gasteiger partial charge in [-0.15, -0.1) is 0 Å². The molecule has 5 nitrogen and oxygen atoms in total. The van der Waals surface area contributed by atoms with Gasteiger partial charge in [-0.2, -0.15) is 0 Å². The summed E-state index contributed by atoms with van der Waals surface area (Å²) < 4.78 is 33.6. The third-order valence-electron chi connectivity index (χ3n) is 4.32. The van der Waals surface area contributed by atoms with E-state index in [4.69, 9.17) is 4.74 Å². The number of hydrogen-bond donors (Lipinski definition) is 1. The van der Waals surface area contributed by atoms with Crippen molar-refractivity contribution < 1.29 is 18.6 Å². The minimum Gasteiger partial charge on any atom is -0.492 e. The maximum Gasteiger partial charge on any atom is 0.264 e. The molecule has 1 aliphatic carbocycles. The summed E-state index contributed by atoms with van der Waals surface area (Å²) in [5.74, 6) is 0.400. The van der Waals surface area contributed by atoms with Crippen molar-refractivity contribution in [2.75, 3.05) is 6.61 Å². The topological polar surface area (TPSA) is 64.3 Å². The van der Waals surface area contributed by atoms with Crippen LogP contribution < -0.4 is 10.3 Å². The fraction of sp³-hybridized carbons (Fsp3) is 0.529. The monoisotopic (exact) mass is 338 g/mol. The van der Waals surface area contributed by atoms with Crippen molar-refractivity contribution in [3.63, 3.8) is 0 Å². The second-order valence-corrected chi connectivity index (χ2v) is 6.56. The molecule has 1 aliphatic rings. The van der Waals surface area contributed by atoms with Gasteiger partial charge in [0.15, 0.2) is 0 Å². The molecule has 1 saturated carbocycles. The molecule has 0 spiro atoms. The van der Waals surface area contributed by atoms with Crippen molar-refractivity contribution in [1.82, 2.24) is 9.55 Å². The number of alkyl halides is 2. The van der Waals surface area contributed by atoms with Crippen LogP contribution in [0, 0.1) is 0 Å². The second kappa shape index (κ2) is 6.12. The molecule has 130 valence electrons. The van der Waals surface area contributed by atoms with E-state index in [1.807, 2.05) is 6.92 Å². The van der Waals surface area contributed by atoms with E-state index in [0.717, 1.165) is 12.5 Å². The van der Waals surface area contributed by atoms with E-state index in [9.17, 15) is 18.7 Å². The lowest BCUT2D eigenvalue weighted by atomic mass is 9.77. The highest BCUT2D eigenvalue weighted by Gasteiger charge is 2.40. The summed E-state index contributed by atoms with van der Waals surface area (Å²) in [6.07, 6.45) is 0.246. The highest BCUT2D eigenvalue weighted by atomic mass is 19.3. The SMILES string of the molecule is CCCOc1cnc2c(c1)c(C(F)F)cc(=O)n2C1CC(C)(O)C1. The highest BCUT2D eigenvalue weighted by Crippen LogP contribution is 2.41. The first-order chi connectivity index (χ1) is 11.3. The molecule has 2 heterocycles. The number of fused-ring (bicyclic) bond motifs is 1. The van der Waals surface area contributed by atoms with Crippen molar-refractivity contribution in [3.05, 3.63) is 34.2 Å². The molecule has 0 amide bonds. The predicted molar refractivity (Wildman–Crippen MR) is 85.6 cm³/mol. The van der Waals surface area contributed by atoms with E-state index in [0.29, 0.717) is 25.2 Å². The zero-order valence-corrected chi connectivity index (χ0v) is 13.6. The van der Waals surface area contributed by atoms with E-state index in [2.05, 4.69) is 4.98 Å². The van der Waals surface area contributed by atoms with Crippen molar-refractivity contribution >= 4 is 11.0 Å². The molecule has 3 rings (SSSR count). The summed E-state index contributed by atoms with van der Waals surface area (Å²) in [5.41, 5.74) is -1.48. The van der Waals surface area contributed by atoms with Gasteiger partial charge in [-0.3, -0.25) is 9.36 Å². The van der Waals surface area contributed by atoms with Crippen molar-refractivity contribution in [3.8, 4) is 5.75 Å². The van der Waals surface area contributed by atoms with Gasteiger partial charge in [-0.05, 0) is 32.3 Å². The molecule has 7 heteroatoms. The van der Waals surface area contributed by atoms with Crippen molar-refractivity contribution in [2.24, 2.45) is 0 Å². The van der Waals surface area contributed by atoms with Gasteiger partial charge in [0.25, 0.3) is 12.0 Å². The normalized spacial score (nSPS) is 23.5. The van der Waals surface area contributed by atoms with Crippen LogP contribution in [-0.4, -0.2) is 26.9 Å². The first-order valence-corrected chi connectivity index (χ1v) is 8.01. The van der Waals surface area contributed by atoms with Gasteiger partial charge in [0.1, 0.15) is 11.4 Å². The van der Waals surface area contributed by atoms with Crippen molar-refractivity contribution in [1.29, 1.82) is 0 Å². The summed E-state index contributed by atoms with van der Waals surface area (Å²) in [6, 6.07) is 2.23. The summed E-state index contributed by atoms with van der Waals surface area (Å²) in [7, 11) is 0. The molecule has 2 aromatic rings. The second-order valence-electron chi connectivity index (χ2n) is 6.56. The van der Waals surface area contributed by atoms with Gasteiger partial charge >= 0.3 is 0 Å². The quantitative estimate of drug-likeness (QED) is 0.909. The lowest BCUT2D eigenvalue weighted by Crippen LogP contribution is -2.45. The third kappa shape index (κ3) is 3.00. The molecule has 0 radical (unpaired) electrons. The maximum atomic E-state index is 13.4. The zero-order valence-electron chi connectivity index (χ0n) is 13.6. The van der Waals surface area contributed by atoms with Gasteiger partial charge < -0.3 is 9.84 Å². The van der Waals surface area contributed by atoms with Crippen LogP contribution in [0.25, 0.3) is 11.0 Å². The maximum absolute atomic E-state index is 13.4. The van der Waals surface area contributed by atoms with Crippen LogP contribution in [0.3, 0.4) is 0 Å². The zero-order chi connectivity index (χ0) is 17.5. The minimum atomic E-state index is -2.78. The van der Waals surface area contributed by atoms with Gasteiger partial charge in [0, 0.05) is 23.1 Å². The summed E-state index contributed by atoms with van der Waals surface area (Å²) >= 11 is 0. The fourth-order valence-corrected chi connectivity index (χ4v) is 3.20. The first kappa shape index (κ1) is 16.8. The Morgan fingerprint density at radius 2 is 2.17 bits per heavy atom. The molecule has 1 fully saturated rings. The van der Waals surface area contributed by atoms with Crippen LogP contribution in [-0.2, 0) is 0 Å². The van der Waals surface area contributed by atoms with Crippen molar-refractivity contribution in [2.45, 2.75) is 51.2 Å². The van der Waals surface area contributed by atoms with E-state index in [-0.39, 0.29) is 22.6 Å². The van der Waals surface area contributed by atoms with Gasteiger partial charge in [-0.25, -0.2) is 13.8 Å². The lowest BCUT2D eigenvalue weighted by molar-refractivity contribution is -0.0507. The average Bonchev–Trinajstić information content (AvgIpc) is 2.49. The Morgan fingerprint density at radius 1 is 1.46 bits per heavy atom. The predicted octanol–water partition coefficient (Wildman–Crippen LogP) is 3.21. The summed E-state index contributed by atoms with van der Waals surface area (Å²) in [6.45, 7) is 4.09. The number of aliphatic hydroxyl groups is 1. The molecule has 0 unspecified atom stereocenters. The summed E-state index contributed by atoms with van der Waals surface area (Å²) in [4.78, 5) is 16.5. The molecule has 24 heavy (non-hydrogen) atoms. The molecule has 0 aromatic carbocycles. The van der Waals surface area contributed by atoms with E-state index < -0.39 is 17.6 Å². The highest BCUT2D eigenvalue weighted by molar-refractivity contribution is 5.80. The fourth-order valence-electron chi connectivity index (χ4n) is 3.20. The van der Waals surface area contributed by atoms with Crippen LogP contribution in [0.4, 0.5) is 8.78 Å². The number of rotatable bonds is 5. The largest absolute Gasteiger partial charge is 0.492 e. The number of pyridine rings is 2. The Balaban J connectivity index is 2.14. The molecule has 0 bridgehead atoms. The van der Waals surface area contributed by atoms with Crippen LogP contribution in [0.2, 0.25) is 0 Å². The van der Waals surface area contributed by atoms with E-state index in [1.54, 1.807) is 6.92 Å². The molecule has 0 saturated heterocycles. The summed E-state index contributed by atoms with van der Waals surface area (Å²) in [5, 5.41) is 10.1. The van der Waals surface area contributed by atoms with Crippen LogP contribution in [0.5, 0.6) is 5.75 Å². The number of nitrogens with zero attached hydrogens (tertiary/aromatic N) is 2. The molecule has 1 N–H and O–H groups in total. The molecule has 0 atom stereocenters. The Labute approximate surface area is 137 Å². The van der Waals surface area contributed by atoms with Gasteiger partial charge in [0.05, 0.1) is 18.4 Å². The third-order valence-corrected chi connectivity index (χ3v) is 4.32. The van der Waals surface area contributed by atoms with Crippen LogP contribution in [0.1, 0.15) is 51.1 Å². The number of aromatic nitrogens is 2. The standard InChI is InChI=1S/C17H20F2N2O3/c1-3-4-24-11-5-13-12(15(18)19)6-14(22)21(16(13)20-9-11)10-7-17(2,23)8-10/h5-6,9-10,15,23H,3-4,7-8H2,1-2H3. The van der Waals surface area contributed by atoms with Gasteiger partial charge in [0.2, 0.25) is 0 Å². The smallest absolute Gasteiger partial charge is 0.264 e. The first-order valence-electron chi connectivity index (χ1n) is 8.01. The van der Waals surface area contributed by atoms with E-state index >= 15 is 0 Å². The molecular weight excluding hydrogens is 318 g/mol. The molecule has 0 aliphatic heterocycles. The average molecular weight is 338 g/mol. The number of ether oxygens (including phenoxy) is 1. The lowest BCUT2D eigenvalue weighted by Gasteiger charge is -2.42. The van der Waals surface area contributed by atoms with E-state index in [1.165, 1.54) is 16.8 Å². The molecular formula is C17H20F2N2O3. The Bertz CT molecular complexity index is 809. The van der Waals surface area contributed by atoms with Crippen LogP contribution in [0.15, 0.2) is 23.1 Å². The van der Waals surface area contributed by atoms with Gasteiger partial charge in [-0.1, -0.05) is 6.92 Å². The minimum absolute atomic E-state index is 0.210. The Morgan fingerprint density at radius 3 is 2.75 bits per heavy atom. The number of halogens is 2. The Kier molecular flexibility index (Phi) is 4.29. The van der Waals surface area contributed by atoms with Crippen LogP contribution >= 0.6 is 0 Å². The number of hydrogen-bond acceptors (Lipinski definition) is 4. The molecule has 2 aromatic heterocycles.